The first-order chi connectivity index (χ1) is 11.4. The van der Waals surface area contributed by atoms with Crippen molar-refractivity contribution in [3.8, 4) is 5.75 Å². The number of carbonyl (C=O) groups excluding carboxylic acids is 1. The Labute approximate surface area is 152 Å². The van der Waals surface area contributed by atoms with Crippen LogP contribution in [0.4, 0.5) is 0 Å². The second-order valence-electron chi connectivity index (χ2n) is 8.40. The Hall–Kier alpha value is -1.03. The Kier molecular flexibility index (Phi) is 4.14. The molecule has 0 aromatic heterocycles. The van der Waals surface area contributed by atoms with E-state index in [-0.39, 0.29) is 18.1 Å². The van der Waals surface area contributed by atoms with Gasteiger partial charge in [-0.3, -0.25) is 4.79 Å². The second kappa shape index (κ2) is 6.05. The topological polar surface area (TPSA) is 38.3 Å². The van der Waals surface area contributed by atoms with Gasteiger partial charge < -0.3 is 10.1 Å². The predicted molar refractivity (Wildman–Crippen MR) is 98.2 cm³/mol. The minimum Gasteiger partial charge on any atom is -0.483 e. The number of halogens is 1. The van der Waals surface area contributed by atoms with Crippen LogP contribution in [0.1, 0.15) is 49.7 Å². The molecule has 4 heteroatoms. The van der Waals surface area contributed by atoms with Crippen molar-refractivity contribution in [2.24, 2.45) is 17.8 Å². The third kappa shape index (κ3) is 3.10. The molecule has 0 aliphatic heterocycles. The first-order valence-electron chi connectivity index (χ1n) is 9.13. The molecule has 0 heterocycles. The highest BCUT2D eigenvalue weighted by atomic mass is 79.9. The number of ether oxygens (including phenoxy) is 1. The molecule has 1 aromatic rings. The molecule has 130 valence electrons. The average molecular weight is 392 g/mol. The number of benzene rings is 1. The molecular formula is C20H26BrNO2. The van der Waals surface area contributed by atoms with Gasteiger partial charge in [-0.25, -0.2) is 0 Å². The highest BCUT2D eigenvalue weighted by Crippen LogP contribution is 2.55. The van der Waals surface area contributed by atoms with Gasteiger partial charge in [0.1, 0.15) is 5.75 Å². The highest BCUT2D eigenvalue weighted by molar-refractivity contribution is 9.10. The van der Waals surface area contributed by atoms with Crippen molar-refractivity contribution < 1.29 is 9.53 Å². The standard InChI is InChI=1S/C20H26BrNO2/c1-12-3-17(21)4-13(2)19(12)24-11-18(23)22-20-8-14-5-15(9-20)7-16(6-14)10-20/h3-4,14-16H,5-11H2,1-2H3,(H,22,23). The van der Waals surface area contributed by atoms with Gasteiger partial charge >= 0.3 is 0 Å². The fourth-order valence-corrected chi connectivity index (χ4v) is 6.55. The Morgan fingerprint density at radius 3 is 2.12 bits per heavy atom. The summed E-state index contributed by atoms with van der Waals surface area (Å²) in [5.74, 6) is 3.40. The lowest BCUT2D eigenvalue weighted by Crippen LogP contribution is -2.60. The Morgan fingerprint density at radius 2 is 1.62 bits per heavy atom. The van der Waals surface area contributed by atoms with Gasteiger partial charge in [-0.15, -0.1) is 0 Å². The molecule has 4 fully saturated rings. The molecule has 4 aliphatic rings. The number of hydrogen-bond donors (Lipinski definition) is 1. The zero-order valence-corrected chi connectivity index (χ0v) is 16.1. The zero-order chi connectivity index (χ0) is 16.9. The van der Waals surface area contributed by atoms with Crippen LogP contribution in [0.15, 0.2) is 16.6 Å². The van der Waals surface area contributed by atoms with Gasteiger partial charge in [-0.05, 0) is 93.4 Å². The molecule has 0 saturated heterocycles. The van der Waals surface area contributed by atoms with Crippen LogP contribution in [0.25, 0.3) is 0 Å². The van der Waals surface area contributed by atoms with E-state index in [9.17, 15) is 4.79 Å². The summed E-state index contributed by atoms with van der Waals surface area (Å²) >= 11 is 3.50. The summed E-state index contributed by atoms with van der Waals surface area (Å²) in [4.78, 5) is 12.5. The van der Waals surface area contributed by atoms with E-state index in [2.05, 4.69) is 21.2 Å². The number of rotatable bonds is 4. The van der Waals surface area contributed by atoms with Crippen molar-refractivity contribution in [2.45, 2.75) is 57.9 Å². The SMILES string of the molecule is Cc1cc(Br)cc(C)c1OCC(=O)NC12CC3CC(CC(C3)C1)C2. The number of nitrogens with one attached hydrogen (secondary N) is 1. The molecule has 1 amide bonds. The summed E-state index contributed by atoms with van der Waals surface area (Å²) in [5.41, 5.74) is 2.19. The van der Waals surface area contributed by atoms with E-state index < -0.39 is 0 Å². The van der Waals surface area contributed by atoms with E-state index in [0.29, 0.717) is 0 Å². The van der Waals surface area contributed by atoms with Crippen molar-refractivity contribution >= 4 is 21.8 Å². The van der Waals surface area contributed by atoms with Crippen LogP contribution in [0, 0.1) is 31.6 Å². The summed E-state index contributed by atoms with van der Waals surface area (Å²) in [6.45, 7) is 4.15. The lowest BCUT2D eigenvalue weighted by atomic mass is 9.53. The van der Waals surface area contributed by atoms with E-state index in [1.54, 1.807) is 0 Å². The molecule has 0 radical (unpaired) electrons. The molecule has 3 nitrogen and oxygen atoms in total. The number of aryl methyl sites for hydroxylation is 2. The third-order valence-electron chi connectivity index (χ3n) is 6.22. The van der Waals surface area contributed by atoms with Crippen LogP contribution in [0.3, 0.4) is 0 Å². The van der Waals surface area contributed by atoms with Gasteiger partial charge in [-0.1, -0.05) is 15.9 Å². The first-order valence-corrected chi connectivity index (χ1v) is 9.92. The fourth-order valence-electron chi connectivity index (χ4n) is 5.86. The normalized spacial score (nSPS) is 33.5. The van der Waals surface area contributed by atoms with Gasteiger partial charge in [0.25, 0.3) is 5.91 Å². The van der Waals surface area contributed by atoms with Crippen LogP contribution in [-0.4, -0.2) is 18.1 Å². The largest absolute Gasteiger partial charge is 0.483 e. The van der Waals surface area contributed by atoms with Crippen LogP contribution in [0.5, 0.6) is 5.75 Å². The van der Waals surface area contributed by atoms with E-state index in [4.69, 9.17) is 4.74 Å². The van der Waals surface area contributed by atoms with Crippen molar-refractivity contribution in [2.75, 3.05) is 6.61 Å². The molecule has 24 heavy (non-hydrogen) atoms. The van der Waals surface area contributed by atoms with Crippen molar-refractivity contribution in [1.29, 1.82) is 0 Å². The predicted octanol–water partition coefficient (Wildman–Crippen LogP) is 4.53. The molecule has 5 rings (SSSR count). The molecule has 0 unspecified atom stereocenters. The van der Waals surface area contributed by atoms with Crippen LogP contribution >= 0.6 is 15.9 Å². The van der Waals surface area contributed by atoms with Crippen LogP contribution in [-0.2, 0) is 4.79 Å². The van der Waals surface area contributed by atoms with Crippen molar-refractivity contribution in [1.82, 2.24) is 5.32 Å². The maximum atomic E-state index is 12.5. The summed E-state index contributed by atoms with van der Waals surface area (Å²) < 4.78 is 6.91. The smallest absolute Gasteiger partial charge is 0.258 e. The van der Waals surface area contributed by atoms with Gasteiger partial charge in [0.15, 0.2) is 6.61 Å². The maximum Gasteiger partial charge on any atom is 0.258 e. The minimum atomic E-state index is 0.0404. The van der Waals surface area contributed by atoms with Crippen molar-refractivity contribution in [3.63, 3.8) is 0 Å². The van der Waals surface area contributed by atoms with E-state index in [0.717, 1.165) is 39.1 Å². The molecule has 1 aromatic carbocycles. The summed E-state index contributed by atoms with van der Waals surface area (Å²) in [6, 6.07) is 4.05. The van der Waals surface area contributed by atoms with E-state index in [1.165, 1.54) is 38.5 Å². The molecule has 4 saturated carbocycles. The fraction of sp³-hybridized carbons (Fsp3) is 0.650. The van der Waals surface area contributed by atoms with Gasteiger partial charge in [-0.2, -0.15) is 0 Å². The second-order valence-corrected chi connectivity index (χ2v) is 9.32. The van der Waals surface area contributed by atoms with E-state index >= 15 is 0 Å². The molecule has 4 bridgehead atoms. The quantitative estimate of drug-likeness (QED) is 0.818. The summed E-state index contributed by atoms with van der Waals surface area (Å²) in [6.07, 6.45) is 7.72. The lowest BCUT2D eigenvalue weighted by molar-refractivity contribution is -0.128. The van der Waals surface area contributed by atoms with Crippen LogP contribution < -0.4 is 10.1 Å². The zero-order valence-electron chi connectivity index (χ0n) is 14.5. The van der Waals surface area contributed by atoms with Gasteiger partial charge in [0, 0.05) is 10.0 Å². The average Bonchev–Trinajstić information content (AvgIpc) is 2.43. The molecule has 4 aliphatic carbocycles. The Morgan fingerprint density at radius 1 is 1.12 bits per heavy atom. The number of hydrogen-bond acceptors (Lipinski definition) is 2. The monoisotopic (exact) mass is 391 g/mol. The maximum absolute atomic E-state index is 12.5. The molecular weight excluding hydrogens is 366 g/mol. The van der Waals surface area contributed by atoms with Gasteiger partial charge in [0.2, 0.25) is 0 Å². The Bertz CT molecular complexity index is 611. The molecule has 1 N–H and O–H groups in total. The lowest BCUT2D eigenvalue weighted by Gasteiger charge is -2.56. The molecule has 0 spiro atoms. The van der Waals surface area contributed by atoms with Crippen molar-refractivity contribution in [3.05, 3.63) is 27.7 Å². The first kappa shape index (κ1) is 16.4. The Balaban J connectivity index is 1.39. The van der Waals surface area contributed by atoms with Gasteiger partial charge in [0.05, 0.1) is 0 Å². The minimum absolute atomic E-state index is 0.0404. The summed E-state index contributed by atoms with van der Waals surface area (Å²) in [5, 5.41) is 3.37. The number of amides is 1. The third-order valence-corrected chi connectivity index (χ3v) is 6.67. The highest BCUT2D eigenvalue weighted by Gasteiger charge is 2.51. The molecule has 0 atom stereocenters. The summed E-state index contributed by atoms with van der Waals surface area (Å²) in [7, 11) is 0. The van der Waals surface area contributed by atoms with E-state index in [1.807, 2.05) is 26.0 Å². The van der Waals surface area contributed by atoms with Crippen LogP contribution in [0.2, 0.25) is 0 Å². The number of carbonyl (C=O) groups is 1.